The fraction of sp³-hybridized carbons (Fsp3) is 0.500. The topological polar surface area (TPSA) is 46.2 Å². The minimum Gasteiger partial charge on any atom is -0.385 e. The maximum atomic E-state index is 6.28. The van der Waals surface area contributed by atoms with Crippen LogP contribution in [0.3, 0.4) is 0 Å². The van der Waals surface area contributed by atoms with Crippen molar-refractivity contribution >= 4 is 27.2 Å². The van der Waals surface area contributed by atoms with Crippen LogP contribution in [0.4, 0.5) is 5.69 Å². The molecule has 0 spiro atoms. The van der Waals surface area contributed by atoms with Crippen molar-refractivity contribution in [3.8, 4) is 10.6 Å². The normalized spacial score (nSPS) is 14.0. The zero-order valence-corrected chi connectivity index (χ0v) is 20.7. The molecule has 0 bridgehead atoms. The van der Waals surface area contributed by atoms with Gasteiger partial charge >= 0.3 is 0 Å². The van der Waals surface area contributed by atoms with E-state index in [0.717, 1.165) is 48.6 Å². The predicted molar refractivity (Wildman–Crippen MR) is 135 cm³/mol. The number of rotatable bonds is 11. The summed E-state index contributed by atoms with van der Waals surface area (Å²) in [5.74, 6) is 0. The van der Waals surface area contributed by atoms with E-state index in [1.807, 2.05) is 7.05 Å². The molecule has 4 nitrogen and oxygen atoms in total. The third-order valence-corrected chi connectivity index (χ3v) is 7.33. The summed E-state index contributed by atoms with van der Waals surface area (Å²) in [5, 5.41) is 7.97. The van der Waals surface area contributed by atoms with Gasteiger partial charge in [-0.25, -0.2) is 4.98 Å². The fourth-order valence-electron chi connectivity index (χ4n) is 3.39. The van der Waals surface area contributed by atoms with Gasteiger partial charge in [0.1, 0.15) is 5.01 Å². The van der Waals surface area contributed by atoms with Crippen LogP contribution in [0.2, 0.25) is 0 Å². The van der Waals surface area contributed by atoms with E-state index in [-0.39, 0.29) is 11.1 Å². The number of hydrogen-bond acceptors (Lipinski definition) is 5. The minimum atomic E-state index is -0.101. The van der Waals surface area contributed by atoms with Crippen LogP contribution in [0.15, 0.2) is 42.5 Å². The minimum absolute atomic E-state index is 0.101. The number of fused-ring (bicyclic) bond motifs is 1. The van der Waals surface area contributed by atoms with Gasteiger partial charge in [0.2, 0.25) is 0 Å². The second-order valence-electron chi connectivity index (χ2n) is 9.28. The van der Waals surface area contributed by atoms with E-state index < -0.39 is 0 Å². The van der Waals surface area contributed by atoms with E-state index in [0.29, 0.717) is 0 Å². The molecule has 5 heteroatoms. The van der Waals surface area contributed by atoms with Crippen LogP contribution in [0.1, 0.15) is 52.5 Å². The number of ether oxygens (including phenoxy) is 1. The molecule has 3 rings (SSSR count). The SMILES string of the molecule is CCC(C)(CCNc1ccc(-c2nc3ccc(C)cc3s2)cc1)OCCC(C)(C)NC. The van der Waals surface area contributed by atoms with E-state index in [1.165, 1.54) is 15.8 Å². The Bertz CT molecular complexity index is 980. The Labute approximate surface area is 191 Å². The van der Waals surface area contributed by atoms with Gasteiger partial charge in [-0.2, -0.15) is 0 Å². The number of anilines is 1. The summed E-state index contributed by atoms with van der Waals surface area (Å²) >= 11 is 1.75. The van der Waals surface area contributed by atoms with E-state index in [2.05, 4.69) is 87.7 Å². The molecule has 31 heavy (non-hydrogen) atoms. The summed E-state index contributed by atoms with van der Waals surface area (Å²) in [7, 11) is 2.01. The Kier molecular flexibility index (Phi) is 7.73. The second kappa shape index (κ2) is 10.1. The summed E-state index contributed by atoms with van der Waals surface area (Å²) in [6, 6.07) is 15.0. The maximum absolute atomic E-state index is 6.28. The van der Waals surface area contributed by atoms with Gasteiger partial charge < -0.3 is 15.4 Å². The van der Waals surface area contributed by atoms with Gasteiger partial charge in [0.15, 0.2) is 0 Å². The van der Waals surface area contributed by atoms with Crippen molar-refractivity contribution < 1.29 is 4.74 Å². The van der Waals surface area contributed by atoms with Crippen molar-refractivity contribution in [3.63, 3.8) is 0 Å². The van der Waals surface area contributed by atoms with E-state index in [4.69, 9.17) is 9.72 Å². The largest absolute Gasteiger partial charge is 0.385 e. The number of thiazole rings is 1. The Morgan fingerprint density at radius 3 is 2.45 bits per heavy atom. The highest BCUT2D eigenvalue weighted by molar-refractivity contribution is 7.21. The number of nitrogens with one attached hydrogen (secondary N) is 2. The molecule has 0 radical (unpaired) electrons. The Hall–Kier alpha value is -1.95. The predicted octanol–water partition coefficient (Wildman–Crippen LogP) is 6.65. The van der Waals surface area contributed by atoms with Crippen LogP contribution in [-0.2, 0) is 4.74 Å². The van der Waals surface area contributed by atoms with Gasteiger partial charge in [-0.15, -0.1) is 11.3 Å². The van der Waals surface area contributed by atoms with Gasteiger partial charge in [0.25, 0.3) is 0 Å². The van der Waals surface area contributed by atoms with Crippen molar-refractivity contribution in [3.05, 3.63) is 48.0 Å². The molecule has 0 aliphatic rings. The average molecular weight is 440 g/mol. The second-order valence-corrected chi connectivity index (χ2v) is 10.3. The smallest absolute Gasteiger partial charge is 0.124 e. The lowest BCUT2D eigenvalue weighted by atomic mass is 9.97. The standard InChI is InChI=1S/C26H37N3OS/c1-7-26(5,30-17-15-25(3,4)27-6)14-16-28-21-11-9-20(10-12-21)24-29-22-13-8-19(2)18-23(22)31-24/h8-13,18,27-28H,7,14-17H2,1-6H3. The third kappa shape index (κ3) is 6.52. The molecule has 1 unspecified atom stereocenters. The number of hydrogen-bond donors (Lipinski definition) is 2. The van der Waals surface area contributed by atoms with Crippen LogP contribution in [-0.4, -0.2) is 36.3 Å². The molecule has 2 aromatic carbocycles. The maximum Gasteiger partial charge on any atom is 0.124 e. The molecule has 1 aromatic heterocycles. The van der Waals surface area contributed by atoms with Gasteiger partial charge in [0.05, 0.1) is 15.8 Å². The first kappa shape index (κ1) is 23.7. The first-order chi connectivity index (χ1) is 14.7. The fourth-order valence-corrected chi connectivity index (χ4v) is 4.46. The van der Waals surface area contributed by atoms with Gasteiger partial charge in [-0.05, 0) is 96.0 Å². The molecule has 0 saturated heterocycles. The highest BCUT2D eigenvalue weighted by atomic mass is 32.1. The zero-order valence-electron chi connectivity index (χ0n) is 19.8. The Morgan fingerprint density at radius 2 is 1.77 bits per heavy atom. The molecule has 0 saturated carbocycles. The molecule has 0 amide bonds. The van der Waals surface area contributed by atoms with Crippen LogP contribution >= 0.6 is 11.3 Å². The van der Waals surface area contributed by atoms with Gasteiger partial charge in [0, 0.05) is 29.9 Å². The molecule has 2 N–H and O–H groups in total. The van der Waals surface area contributed by atoms with Gasteiger partial charge in [-0.1, -0.05) is 13.0 Å². The summed E-state index contributed by atoms with van der Waals surface area (Å²) in [4.78, 5) is 4.79. The molecular weight excluding hydrogens is 402 g/mol. The first-order valence-electron chi connectivity index (χ1n) is 11.3. The Morgan fingerprint density at radius 1 is 1.03 bits per heavy atom. The quantitative estimate of drug-likeness (QED) is 0.351. The van der Waals surface area contributed by atoms with Crippen molar-refractivity contribution in [2.75, 3.05) is 25.5 Å². The lowest BCUT2D eigenvalue weighted by Crippen LogP contribution is -2.39. The average Bonchev–Trinajstić information content (AvgIpc) is 3.17. The molecule has 0 aliphatic heterocycles. The molecule has 3 aromatic rings. The summed E-state index contributed by atoms with van der Waals surface area (Å²) in [6.45, 7) is 12.6. The number of benzene rings is 2. The van der Waals surface area contributed by atoms with Crippen LogP contribution in [0.25, 0.3) is 20.8 Å². The van der Waals surface area contributed by atoms with Crippen molar-refractivity contribution in [1.82, 2.24) is 10.3 Å². The molecule has 0 aliphatic carbocycles. The summed E-state index contributed by atoms with van der Waals surface area (Å²) < 4.78 is 7.53. The lowest BCUT2D eigenvalue weighted by molar-refractivity contribution is -0.0443. The summed E-state index contributed by atoms with van der Waals surface area (Å²) in [5.41, 5.74) is 4.65. The zero-order chi connectivity index (χ0) is 22.5. The number of aromatic nitrogens is 1. The first-order valence-corrected chi connectivity index (χ1v) is 12.1. The van der Waals surface area contributed by atoms with Crippen molar-refractivity contribution in [2.24, 2.45) is 0 Å². The molecule has 168 valence electrons. The highest BCUT2D eigenvalue weighted by Crippen LogP contribution is 2.31. The lowest BCUT2D eigenvalue weighted by Gasteiger charge is -2.31. The van der Waals surface area contributed by atoms with Gasteiger partial charge in [-0.3, -0.25) is 0 Å². The Balaban J connectivity index is 1.53. The third-order valence-electron chi connectivity index (χ3n) is 6.26. The van der Waals surface area contributed by atoms with E-state index in [9.17, 15) is 0 Å². The molecule has 1 atom stereocenters. The summed E-state index contributed by atoms with van der Waals surface area (Å²) in [6.07, 6.45) is 2.98. The van der Waals surface area contributed by atoms with Crippen LogP contribution in [0, 0.1) is 6.92 Å². The molecular formula is C26H37N3OS. The number of aryl methyl sites for hydroxylation is 1. The molecule has 0 fully saturated rings. The van der Waals surface area contributed by atoms with E-state index >= 15 is 0 Å². The molecule has 1 heterocycles. The number of nitrogens with zero attached hydrogens (tertiary/aromatic N) is 1. The van der Waals surface area contributed by atoms with E-state index in [1.54, 1.807) is 11.3 Å². The highest BCUT2D eigenvalue weighted by Gasteiger charge is 2.24. The van der Waals surface area contributed by atoms with Crippen molar-refractivity contribution in [1.29, 1.82) is 0 Å². The van der Waals surface area contributed by atoms with Crippen LogP contribution < -0.4 is 10.6 Å². The van der Waals surface area contributed by atoms with Crippen LogP contribution in [0.5, 0.6) is 0 Å². The van der Waals surface area contributed by atoms with Crippen molar-refractivity contribution in [2.45, 2.75) is 65.0 Å². The monoisotopic (exact) mass is 439 g/mol.